The minimum atomic E-state index is -0.294. The fraction of sp³-hybridized carbons (Fsp3) is 0.600. The van der Waals surface area contributed by atoms with Gasteiger partial charge in [0.15, 0.2) is 0 Å². The van der Waals surface area contributed by atoms with Crippen LogP contribution in [0.15, 0.2) is 18.2 Å². The summed E-state index contributed by atoms with van der Waals surface area (Å²) in [7, 11) is 0. The first-order valence-electron chi connectivity index (χ1n) is 7.04. The van der Waals surface area contributed by atoms with E-state index in [0.717, 1.165) is 44.8 Å². The van der Waals surface area contributed by atoms with Gasteiger partial charge in [-0.3, -0.25) is 4.90 Å². The lowest BCUT2D eigenvalue weighted by Crippen LogP contribution is -2.36. The Labute approximate surface area is 114 Å². The third-order valence-electron chi connectivity index (χ3n) is 4.21. The number of halogens is 1. The SMILES string of the molecule is CC(c1cc(F)ccc1O)N1CCC(CCN)CC1. The van der Waals surface area contributed by atoms with Crippen molar-refractivity contribution in [3.8, 4) is 5.75 Å². The summed E-state index contributed by atoms with van der Waals surface area (Å²) in [5, 5.41) is 9.86. The largest absolute Gasteiger partial charge is 0.508 e. The molecular weight excluding hydrogens is 243 g/mol. The van der Waals surface area contributed by atoms with Crippen molar-refractivity contribution in [3.05, 3.63) is 29.6 Å². The quantitative estimate of drug-likeness (QED) is 0.881. The maximum Gasteiger partial charge on any atom is 0.123 e. The molecule has 1 aliphatic heterocycles. The second kappa shape index (κ2) is 6.35. The van der Waals surface area contributed by atoms with Crippen molar-refractivity contribution in [2.75, 3.05) is 19.6 Å². The molecule has 1 aromatic rings. The summed E-state index contributed by atoms with van der Waals surface area (Å²) in [6.07, 6.45) is 3.36. The monoisotopic (exact) mass is 266 g/mol. The Bertz CT molecular complexity index is 417. The number of benzene rings is 1. The number of likely N-dealkylation sites (tertiary alicyclic amines) is 1. The number of nitrogens with two attached hydrogens (primary N) is 1. The predicted molar refractivity (Wildman–Crippen MR) is 74.4 cm³/mol. The molecule has 0 amide bonds. The third kappa shape index (κ3) is 3.45. The highest BCUT2D eigenvalue weighted by molar-refractivity contribution is 5.35. The lowest BCUT2D eigenvalue weighted by molar-refractivity contribution is 0.136. The highest BCUT2D eigenvalue weighted by Gasteiger charge is 2.24. The normalized spacial score (nSPS) is 19.5. The summed E-state index contributed by atoms with van der Waals surface area (Å²) >= 11 is 0. The van der Waals surface area contributed by atoms with Gasteiger partial charge in [-0.2, -0.15) is 0 Å². The van der Waals surface area contributed by atoms with Crippen LogP contribution in [0.1, 0.15) is 37.8 Å². The van der Waals surface area contributed by atoms with Gasteiger partial charge >= 0.3 is 0 Å². The van der Waals surface area contributed by atoms with E-state index < -0.39 is 0 Å². The molecule has 0 aromatic heterocycles. The highest BCUT2D eigenvalue weighted by Crippen LogP contribution is 2.32. The number of rotatable bonds is 4. The Balaban J connectivity index is 2.01. The standard InChI is InChI=1S/C15H23FN2O/c1-11(14-10-13(16)2-3-15(14)19)18-8-5-12(4-7-17)6-9-18/h2-3,10-12,19H,4-9,17H2,1H3. The van der Waals surface area contributed by atoms with Crippen LogP contribution in [0.2, 0.25) is 0 Å². The minimum absolute atomic E-state index is 0.0505. The molecule has 0 bridgehead atoms. The summed E-state index contributed by atoms with van der Waals surface area (Å²) in [6, 6.07) is 4.21. The van der Waals surface area contributed by atoms with Crippen molar-refractivity contribution in [2.24, 2.45) is 11.7 Å². The second-order valence-corrected chi connectivity index (χ2v) is 5.44. The lowest BCUT2D eigenvalue weighted by atomic mass is 9.92. The van der Waals surface area contributed by atoms with Crippen molar-refractivity contribution in [2.45, 2.75) is 32.2 Å². The summed E-state index contributed by atoms with van der Waals surface area (Å²) in [5.41, 5.74) is 6.27. The molecule has 106 valence electrons. The summed E-state index contributed by atoms with van der Waals surface area (Å²) in [5.74, 6) is 0.602. The van der Waals surface area contributed by atoms with E-state index in [1.165, 1.54) is 18.2 Å². The van der Waals surface area contributed by atoms with E-state index in [-0.39, 0.29) is 17.6 Å². The molecule has 1 saturated heterocycles. The molecular formula is C15H23FN2O. The number of hydrogen-bond acceptors (Lipinski definition) is 3. The molecule has 0 saturated carbocycles. The Kier molecular flexibility index (Phi) is 4.77. The third-order valence-corrected chi connectivity index (χ3v) is 4.21. The van der Waals surface area contributed by atoms with Gasteiger partial charge < -0.3 is 10.8 Å². The van der Waals surface area contributed by atoms with Crippen LogP contribution in [0, 0.1) is 11.7 Å². The van der Waals surface area contributed by atoms with Crippen LogP contribution < -0.4 is 5.73 Å². The summed E-state index contributed by atoms with van der Waals surface area (Å²) in [4.78, 5) is 2.31. The maximum atomic E-state index is 13.3. The Hall–Kier alpha value is -1.13. The van der Waals surface area contributed by atoms with E-state index >= 15 is 0 Å². The first-order chi connectivity index (χ1) is 9.11. The summed E-state index contributed by atoms with van der Waals surface area (Å²) < 4.78 is 13.3. The number of aromatic hydroxyl groups is 1. The topological polar surface area (TPSA) is 49.5 Å². The molecule has 3 N–H and O–H groups in total. The van der Waals surface area contributed by atoms with E-state index in [1.54, 1.807) is 0 Å². The van der Waals surface area contributed by atoms with E-state index in [4.69, 9.17) is 5.73 Å². The van der Waals surface area contributed by atoms with Gasteiger partial charge in [0.1, 0.15) is 11.6 Å². The first kappa shape index (κ1) is 14.3. The molecule has 2 rings (SSSR count). The van der Waals surface area contributed by atoms with Crippen LogP contribution in [0.25, 0.3) is 0 Å². The number of piperidine rings is 1. The molecule has 3 nitrogen and oxygen atoms in total. The van der Waals surface area contributed by atoms with Crippen LogP contribution in [0.3, 0.4) is 0 Å². The fourth-order valence-electron chi connectivity index (χ4n) is 2.92. The number of hydrogen-bond donors (Lipinski definition) is 2. The zero-order valence-electron chi connectivity index (χ0n) is 11.5. The van der Waals surface area contributed by atoms with E-state index in [1.807, 2.05) is 6.92 Å². The fourth-order valence-corrected chi connectivity index (χ4v) is 2.92. The Morgan fingerprint density at radius 3 is 2.74 bits per heavy atom. The molecule has 0 spiro atoms. The van der Waals surface area contributed by atoms with E-state index in [0.29, 0.717) is 5.56 Å². The Morgan fingerprint density at radius 2 is 2.11 bits per heavy atom. The van der Waals surface area contributed by atoms with E-state index in [9.17, 15) is 9.50 Å². The van der Waals surface area contributed by atoms with Gasteiger partial charge in [0.2, 0.25) is 0 Å². The van der Waals surface area contributed by atoms with Gasteiger partial charge in [0.25, 0.3) is 0 Å². The lowest BCUT2D eigenvalue weighted by Gasteiger charge is -2.36. The van der Waals surface area contributed by atoms with Crippen molar-refractivity contribution in [1.29, 1.82) is 0 Å². The average molecular weight is 266 g/mol. The molecule has 1 aliphatic rings. The number of nitrogens with zero attached hydrogens (tertiary/aromatic N) is 1. The van der Waals surface area contributed by atoms with Crippen LogP contribution in [0.5, 0.6) is 5.75 Å². The molecule has 0 radical (unpaired) electrons. The second-order valence-electron chi connectivity index (χ2n) is 5.44. The minimum Gasteiger partial charge on any atom is -0.508 e. The number of phenols is 1. The highest BCUT2D eigenvalue weighted by atomic mass is 19.1. The van der Waals surface area contributed by atoms with Crippen LogP contribution in [-0.2, 0) is 0 Å². The Morgan fingerprint density at radius 1 is 1.42 bits per heavy atom. The zero-order valence-corrected chi connectivity index (χ0v) is 11.5. The van der Waals surface area contributed by atoms with Crippen LogP contribution in [-0.4, -0.2) is 29.6 Å². The van der Waals surface area contributed by atoms with Gasteiger partial charge in [-0.1, -0.05) is 0 Å². The summed E-state index contributed by atoms with van der Waals surface area (Å²) in [6.45, 7) is 4.76. The molecule has 19 heavy (non-hydrogen) atoms. The molecule has 1 atom stereocenters. The average Bonchev–Trinajstić information content (AvgIpc) is 2.42. The predicted octanol–water partition coefficient (Wildman–Crippen LogP) is 2.65. The van der Waals surface area contributed by atoms with Gasteiger partial charge in [-0.25, -0.2) is 4.39 Å². The van der Waals surface area contributed by atoms with Gasteiger partial charge in [0, 0.05) is 11.6 Å². The van der Waals surface area contributed by atoms with Crippen LogP contribution in [0.4, 0.5) is 4.39 Å². The van der Waals surface area contributed by atoms with Gasteiger partial charge in [-0.15, -0.1) is 0 Å². The van der Waals surface area contributed by atoms with Gasteiger partial charge in [-0.05, 0) is 69.9 Å². The number of phenolic OH excluding ortho intramolecular Hbond substituents is 1. The first-order valence-corrected chi connectivity index (χ1v) is 7.04. The van der Waals surface area contributed by atoms with Gasteiger partial charge in [0.05, 0.1) is 0 Å². The maximum absolute atomic E-state index is 13.3. The molecule has 1 unspecified atom stereocenters. The zero-order chi connectivity index (χ0) is 13.8. The van der Waals surface area contributed by atoms with Crippen molar-refractivity contribution in [3.63, 3.8) is 0 Å². The molecule has 1 heterocycles. The van der Waals surface area contributed by atoms with Crippen molar-refractivity contribution >= 4 is 0 Å². The smallest absolute Gasteiger partial charge is 0.123 e. The molecule has 1 aromatic carbocycles. The molecule has 4 heteroatoms. The molecule has 0 aliphatic carbocycles. The van der Waals surface area contributed by atoms with Crippen molar-refractivity contribution < 1.29 is 9.50 Å². The van der Waals surface area contributed by atoms with Crippen LogP contribution >= 0.6 is 0 Å². The van der Waals surface area contributed by atoms with Crippen molar-refractivity contribution in [1.82, 2.24) is 4.90 Å². The molecule has 1 fully saturated rings. The van der Waals surface area contributed by atoms with E-state index in [2.05, 4.69) is 4.90 Å².